The lowest BCUT2D eigenvalue weighted by molar-refractivity contribution is 0.0950. The number of hydrazone groups is 1. The molecule has 0 radical (unpaired) electrons. The quantitative estimate of drug-likeness (QED) is 0.374. The summed E-state index contributed by atoms with van der Waals surface area (Å²) in [6, 6.07) is 17.6. The van der Waals surface area contributed by atoms with E-state index in [1.54, 1.807) is 48.5 Å². The monoisotopic (exact) mass is 454 g/mol. The number of amides is 1. The molecular formula is C24H23ClN2O5. The molecule has 0 heterocycles. The number of ether oxygens (including phenoxy) is 4. The molecule has 0 spiro atoms. The Morgan fingerprint density at radius 2 is 1.56 bits per heavy atom. The highest BCUT2D eigenvalue weighted by atomic mass is 35.5. The van der Waals surface area contributed by atoms with Gasteiger partial charge in [-0.2, -0.15) is 5.10 Å². The van der Waals surface area contributed by atoms with Gasteiger partial charge in [0, 0.05) is 16.7 Å². The van der Waals surface area contributed by atoms with Crippen LogP contribution >= 0.6 is 11.6 Å². The number of carbonyl (C=O) groups is 1. The van der Waals surface area contributed by atoms with E-state index in [0.29, 0.717) is 45.8 Å². The highest BCUT2D eigenvalue weighted by molar-refractivity contribution is 6.30. The first-order chi connectivity index (χ1) is 15.5. The number of nitrogens with zero attached hydrogens (tertiary/aromatic N) is 1. The second-order valence-corrected chi connectivity index (χ2v) is 7.00. The molecule has 3 aromatic rings. The van der Waals surface area contributed by atoms with Gasteiger partial charge in [-0.15, -0.1) is 0 Å². The minimum absolute atomic E-state index is 0.299. The normalized spacial score (nSPS) is 10.6. The molecule has 32 heavy (non-hydrogen) atoms. The zero-order valence-electron chi connectivity index (χ0n) is 17.9. The van der Waals surface area contributed by atoms with Crippen molar-refractivity contribution in [3.8, 4) is 23.0 Å². The summed E-state index contributed by atoms with van der Waals surface area (Å²) in [5.41, 5.74) is 4.42. The highest BCUT2D eigenvalue weighted by Gasteiger charge is 2.13. The molecule has 7 nitrogen and oxygen atoms in total. The number of hydrogen-bond donors (Lipinski definition) is 1. The molecule has 0 atom stereocenters. The van der Waals surface area contributed by atoms with Crippen LogP contribution in [0.15, 0.2) is 65.8 Å². The number of rotatable bonds is 9. The van der Waals surface area contributed by atoms with Crippen LogP contribution in [0.2, 0.25) is 5.02 Å². The Morgan fingerprint density at radius 1 is 0.906 bits per heavy atom. The summed E-state index contributed by atoms with van der Waals surface area (Å²) in [7, 11) is 4.61. The molecule has 0 unspecified atom stereocenters. The number of hydrogen-bond acceptors (Lipinski definition) is 6. The van der Waals surface area contributed by atoms with Crippen LogP contribution in [-0.4, -0.2) is 33.5 Å². The number of nitrogens with one attached hydrogen (secondary N) is 1. The SMILES string of the molecule is COc1cc(OC)c(OC)cc1/C=N/NC(=O)c1ccccc1OCc1ccc(Cl)cc1. The van der Waals surface area contributed by atoms with Gasteiger partial charge in [0.05, 0.1) is 33.1 Å². The lowest BCUT2D eigenvalue weighted by atomic mass is 10.2. The zero-order chi connectivity index (χ0) is 22.9. The van der Waals surface area contributed by atoms with Crippen molar-refractivity contribution in [3.05, 3.63) is 82.4 Å². The molecule has 0 aliphatic rings. The van der Waals surface area contributed by atoms with Crippen LogP contribution < -0.4 is 24.4 Å². The number of benzene rings is 3. The minimum atomic E-state index is -0.410. The van der Waals surface area contributed by atoms with Crippen LogP contribution in [0.5, 0.6) is 23.0 Å². The van der Waals surface area contributed by atoms with Crippen molar-refractivity contribution in [3.63, 3.8) is 0 Å². The molecule has 3 rings (SSSR count). The van der Waals surface area contributed by atoms with E-state index in [9.17, 15) is 4.79 Å². The lowest BCUT2D eigenvalue weighted by Gasteiger charge is -2.12. The molecule has 0 aromatic heterocycles. The standard InChI is InChI=1S/C24H23ClN2O5/c1-29-21-13-23(31-3)22(30-2)12-17(21)14-26-27-24(28)19-6-4-5-7-20(19)32-15-16-8-10-18(25)11-9-16/h4-14H,15H2,1-3H3,(H,27,28)/b26-14+. The minimum Gasteiger partial charge on any atom is -0.496 e. The summed E-state index contributed by atoms with van der Waals surface area (Å²) in [4.78, 5) is 12.7. The first-order valence-electron chi connectivity index (χ1n) is 9.65. The average Bonchev–Trinajstić information content (AvgIpc) is 2.83. The molecule has 0 aliphatic heterocycles. The van der Waals surface area contributed by atoms with E-state index in [1.807, 2.05) is 12.1 Å². The van der Waals surface area contributed by atoms with E-state index in [1.165, 1.54) is 27.5 Å². The van der Waals surface area contributed by atoms with Gasteiger partial charge in [0.1, 0.15) is 18.1 Å². The van der Waals surface area contributed by atoms with E-state index in [2.05, 4.69) is 10.5 Å². The molecule has 0 saturated carbocycles. The Balaban J connectivity index is 1.71. The molecule has 0 saturated heterocycles. The first kappa shape index (κ1) is 23.0. The van der Waals surface area contributed by atoms with Crippen molar-refractivity contribution in [1.82, 2.24) is 5.43 Å². The summed E-state index contributed by atoms with van der Waals surface area (Å²) in [5.74, 6) is 1.60. The zero-order valence-corrected chi connectivity index (χ0v) is 18.7. The van der Waals surface area contributed by atoms with Gasteiger partial charge in [-0.3, -0.25) is 4.79 Å². The number of methoxy groups -OCH3 is 3. The van der Waals surface area contributed by atoms with Crippen LogP contribution in [0.3, 0.4) is 0 Å². The van der Waals surface area contributed by atoms with E-state index >= 15 is 0 Å². The van der Waals surface area contributed by atoms with E-state index in [0.717, 1.165) is 5.56 Å². The summed E-state index contributed by atoms with van der Waals surface area (Å²) in [6.45, 7) is 0.299. The van der Waals surface area contributed by atoms with Gasteiger partial charge in [0.15, 0.2) is 11.5 Å². The molecule has 0 fully saturated rings. The Labute approximate surface area is 191 Å². The van der Waals surface area contributed by atoms with Crippen LogP contribution in [0.1, 0.15) is 21.5 Å². The van der Waals surface area contributed by atoms with Gasteiger partial charge in [0.2, 0.25) is 0 Å². The van der Waals surface area contributed by atoms with Gasteiger partial charge in [0.25, 0.3) is 5.91 Å². The maximum absolute atomic E-state index is 12.7. The van der Waals surface area contributed by atoms with Crippen molar-refractivity contribution in [2.45, 2.75) is 6.61 Å². The van der Waals surface area contributed by atoms with Crippen molar-refractivity contribution in [1.29, 1.82) is 0 Å². The smallest absolute Gasteiger partial charge is 0.275 e. The Bertz CT molecular complexity index is 1100. The summed E-state index contributed by atoms with van der Waals surface area (Å²) in [6.07, 6.45) is 1.47. The number of para-hydroxylation sites is 1. The topological polar surface area (TPSA) is 78.4 Å². The second kappa shape index (κ2) is 11.1. The average molecular weight is 455 g/mol. The maximum Gasteiger partial charge on any atom is 0.275 e. The maximum atomic E-state index is 12.7. The van der Waals surface area contributed by atoms with Crippen molar-refractivity contribution >= 4 is 23.7 Å². The molecule has 0 bridgehead atoms. The summed E-state index contributed by atoms with van der Waals surface area (Å²) >= 11 is 5.91. The third kappa shape index (κ3) is 5.70. The third-order valence-electron chi connectivity index (χ3n) is 4.54. The fraction of sp³-hybridized carbons (Fsp3) is 0.167. The lowest BCUT2D eigenvalue weighted by Crippen LogP contribution is -2.18. The summed E-state index contributed by atoms with van der Waals surface area (Å²) in [5, 5.41) is 4.71. The van der Waals surface area contributed by atoms with Crippen molar-refractivity contribution in [2.75, 3.05) is 21.3 Å². The molecule has 1 N–H and O–H groups in total. The highest BCUT2D eigenvalue weighted by Crippen LogP contribution is 2.33. The fourth-order valence-electron chi connectivity index (χ4n) is 2.90. The molecule has 166 valence electrons. The van der Waals surface area contributed by atoms with Crippen LogP contribution in [0.4, 0.5) is 0 Å². The predicted octanol–water partition coefficient (Wildman–Crippen LogP) is 4.71. The molecular weight excluding hydrogens is 432 g/mol. The summed E-state index contributed by atoms with van der Waals surface area (Å²) < 4.78 is 21.8. The Hall–Kier alpha value is -3.71. The van der Waals surface area contributed by atoms with Gasteiger partial charge >= 0.3 is 0 Å². The predicted molar refractivity (Wildman–Crippen MR) is 123 cm³/mol. The third-order valence-corrected chi connectivity index (χ3v) is 4.80. The van der Waals surface area contributed by atoms with E-state index < -0.39 is 5.91 Å². The van der Waals surface area contributed by atoms with Crippen LogP contribution in [0, 0.1) is 0 Å². The van der Waals surface area contributed by atoms with Crippen LogP contribution in [-0.2, 0) is 6.61 Å². The van der Waals surface area contributed by atoms with Gasteiger partial charge in [-0.1, -0.05) is 35.9 Å². The number of halogens is 1. The van der Waals surface area contributed by atoms with Crippen molar-refractivity contribution < 1.29 is 23.7 Å². The van der Waals surface area contributed by atoms with Crippen molar-refractivity contribution in [2.24, 2.45) is 5.10 Å². The largest absolute Gasteiger partial charge is 0.496 e. The van der Waals surface area contributed by atoms with E-state index in [4.69, 9.17) is 30.5 Å². The molecule has 8 heteroatoms. The van der Waals surface area contributed by atoms with Gasteiger partial charge < -0.3 is 18.9 Å². The number of carbonyl (C=O) groups excluding carboxylic acids is 1. The van der Waals surface area contributed by atoms with Crippen LogP contribution in [0.25, 0.3) is 0 Å². The Morgan fingerprint density at radius 3 is 2.25 bits per heavy atom. The second-order valence-electron chi connectivity index (χ2n) is 6.56. The molecule has 3 aromatic carbocycles. The fourth-order valence-corrected chi connectivity index (χ4v) is 3.02. The molecule has 0 aliphatic carbocycles. The molecule has 1 amide bonds. The Kier molecular flexibility index (Phi) is 7.94. The van der Waals surface area contributed by atoms with E-state index in [-0.39, 0.29) is 0 Å². The first-order valence-corrected chi connectivity index (χ1v) is 10.0. The van der Waals surface area contributed by atoms with Gasteiger partial charge in [-0.25, -0.2) is 5.43 Å². The van der Waals surface area contributed by atoms with Gasteiger partial charge in [-0.05, 0) is 35.9 Å².